The maximum atomic E-state index is 12.5. The van der Waals surface area contributed by atoms with Gasteiger partial charge in [0.1, 0.15) is 5.75 Å². The Balaban J connectivity index is 1.59. The van der Waals surface area contributed by atoms with Crippen LogP contribution in [0.5, 0.6) is 5.75 Å². The van der Waals surface area contributed by atoms with Crippen LogP contribution < -0.4 is 10.1 Å². The Labute approximate surface area is 151 Å². The van der Waals surface area contributed by atoms with E-state index >= 15 is 0 Å². The van der Waals surface area contributed by atoms with Crippen molar-refractivity contribution in [2.45, 2.75) is 25.3 Å². The van der Waals surface area contributed by atoms with Gasteiger partial charge in [-0.25, -0.2) is 4.68 Å². The quantitative estimate of drug-likeness (QED) is 0.787. The van der Waals surface area contributed by atoms with Crippen molar-refractivity contribution in [1.82, 2.24) is 20.1 Å². The molecule has 0 fully saturated rings. The molecule has 1 atom stereocenters. The van der Waals surface area contributed by atoms with Gasteiger partial charge < -0.3 is 10.1 Å². The topological polar surface area (TPSA) is 69.0 Å². The molecule has 1 aliphatic rings. The van der Waals surface area contributed by atoms with E-state index in [2.05, 4.69) is 15.4 Å². The summed E-state index contributed by atoms with van der Waals surface area (Å²) in [6, 6.07) is 11.3. The third-order valence-corrected chi connectivity index (χ3v) is 4.75. The molecule has 2 aromatic heterocycles. The molecule has 0 saturated carbocycles. The van der Waals surface area contributed by atoms with E-state index in [1.54, 1.807) is 31.6 Å². The van der Waals surface area contributed by atoms with Crippen molar-refractivity contribution >= 4 is 5.91 Å². The first-order valence-corrected chi connectivity index (χ1v) is 8.68. The third-order valence-electron chi connectivity index (χ3n) is 4.75. The molecule has 0 spiro atoms. The molecule has 0 bridgehead atoms. The van der Waals surface area contributed by atoms with Crippen LogP contribution in [0.15, 0.2) is 55.0 Å². The molecule has 1 aliphatic carbocycles. The Morgan fingerprint density at radius 2 is 1.96 bits per heavy atom. The minimum absolute atomic E-state index is 0.0218. The SMILES string of the molecule is COc1ccc(-n2ncc3c2CCCC3NC(=O)c2ccncc2)cc1. The second-order valence-electron chi connectivity index (χ2n) is 6.31. The number of hydrogen-bond donors (Lipinski definition) is 1. The highest BCUT2D eigenvalue weighted by Gasteiger charge is 2.26. The zero-order valence-corrected chi connectivity index (χ0v) is 14.6. The molecule has 6 heteroatoms. The Bertz CT molecular complexity index is 903. The molecule has 1 aromatic carbocycles. The molecule has 26 heavy (non-hydrogen) atoms. The maximum absolute atomic E-state index is 12.5. The van der Waals surface area contributed by atoms with Gasteiger partial charge >= 0.3 is 0 Å². The van der Waals surface area contributed by atoms with E-state index in [9.17, 15) is 4.79 Å². The van der Waals surface area contributed by atoms with E-state index in [1.807, 2.05) is 35.1 Å². The number of aromatic nitrogens is 3. The molecule has 0 saturated heterocycles. The first-order chi connectivity index (χ1) is 12.8. The summed E-state index contributed by atoms with van der Waals surface area (Å²) in [6.07, 6.45) is 8.00. The van der Waals surface area contributed by atoms with Crippen molar-refractivity contribution in [3.05, 3.63) is 71.8 Å². The number of fused-ring (bicyclic) bond motifs is 1. The first-order valence-electron chi connectivity index (χ1n) is 8.68. The number of carbonyl (C=O) groups excluding carboxylic acids is 1. The van der Waals surface area contributed by atoms with Crippen LogP contribution in [-0.2, 0) is 6.42 Å². The van der Waals surface area contributed by atoms with Crippen molar-refractivity contribution < 1.29 is 9.53 Å². The molecule has 6 nitrogen and oxygen atoms in total. The Hall–Kier alpha value is -3.15. The molecular weight excluding hydrogens is 328 g/mol. The fourth-order valence-corrected chi connectivity index (χ4v) is 3.40. The fraction of sp³-hybridized carbons (Fsp3) is 0.250. The number of ether oxygens (including phenoxy) is 1. The summed E-state index contributed by atoms with van der Waals surface area (Å²) in [5.41, 5.74) is 3.86. The van der Waals surface area contributed by atoms with E-state index in [4.69, 9.17) is 4.74 Å². The summed E-state index contributed by atoms with van der Waals surface area (Å²) >= 11 is 0. The number of hydrogen-bond acceptors (Lipinski definition) is 4. The number of carbonyl (C=O) groups is 1. The van der Waals surface area contributed by atoms with Crippen molar-refractivity contribution in [3.63, 3.8) is 0 Å². The van der Waals surface area contributed by atoms with Gasteiger partial charge in [-0.05, 0) is 55.7 Å². The second-order valence-corrected chi connectivity index (χ2v) is 6.31. The number of nitrogens with one attached hydrogen (secondary N) is 1. The molecule has 4 rings (SSSR count). The summed E-state index contributed by atoms with van der Waals surface area (Å²) in [4.78, 5) is 16.4. The average Bonchev–Trinajstić information content (AvgIpc) is 3.14. The lowest BCUT2D eigenvalue weighted by molar-refractivity contribution is 0.0932. The van der Waals surface area contributed by atoms with E-state index in [-0.39, 0.29) is 11.9 Å². The van der Waals surface area contributed by atoms with E-state index in [0.717, 1.165) is 42.0 Å². The molecular formula is C20H20N4O2. The largest absolute Gasteiger partial charge is 0.497 e. The molecule has 2 heterocycles. The zero-order chi connectivity index (χ0) is 17.9. The second kappa shape index (κ2) is 7.00. The number of pyridine rings is 1. The molecule has 3 aromatic rings. The van der Waals surface area contributed by atoms with Crippen LogP contribution in [0, 0.1) is 0 Å². The first kappa shape index (κ1) is 16.3. The molecule has 0 radical (unpaired) electrons. The lowest BCUT2D eigenvalue weighted by Crippen LogP contribution is -2.31. The number of benzene rings is 1. The summed E-state index contributed by atoms with van der Waals surface area (Å²) in [5, 5.41) is 7.70. The van der Waals surface area contributed by atoms with Crippen LogP contribution in [0.4, 0.5) is 0 Å². The highest BCUT2D eigenvalue weighted by Crippen LogP contribution is 2.31. The molecule has 1 unspecified atom stereocenters. The molecule has 1 N–H and O–H groups in total. The number of amides is 1. The van der Waals surface area contributed by atoms with Crippen LogP contribution in [0.25, 0.3) is 5.69 Å². The smallest absolute Gasteiger partial charge is 0.251 e. The van der Waals surface area contributed by atoms with E-state index in [1.165, 1.54) is 0 Å². The van der Waals surface area contributed by atoms with Gasteiger partial charge in [0.25, 0.3) is 5.91 Å². The van der Waals surface area contributed by atoms with Gasteiger partial charge in [-0.2, -0.15) is 5.10 Å². The predicted octanol–water partition coefficient (Wildman–Crippen LogP) is 3.08. The van der Waals surface area contributed by atoms with Crippen LogP contribution >= 0.6 is 0 Å². The monoisotopic (exact) mass is 348 g/mol. The van der Waals surface area contributed by atoms with Gasteiger partial charge in [-0.15, -0.1) is 0 Å². The normalized spacial score (nSPS) is 16.0. The van der Waals surface area contributed by atoms with E-state index in [0.29, 0.717) is 5.56 Å². The number of rotatable bonds is 4. The lowest BCUT2D eigenvalue weighted by Gasteiger charge is -2.24. The van der Waals surface area contributed by atoms with Gasteiger partial charge in [0.15, 0.2) is 0 Å². The van der Waals surface area contributed by atoms with E-state index < -0.39 is 0 Å². The van der Waals surface area contributed by atoms with Crippen molar-refractivity contribution in [2.24, 2.45) is 0 Å². The molecule has 1 amide bonds. The average molecular weight is 348 g/mol. The van der Waals surface area contributed by atoms with Gasteiger partial charge in [0.2, 0.25) is 0 Å². The highest BCUT2D eigenvalue weighted by molar-refractivity contribution is 5.94. The van der Waals surface area contributed by atoms with Gasteiger partial charge in [0, 0.05) is 29.2 Å². The van der Waals surface area contributed by atoms with Gasteiger partial charge in [-0.3, -0.25) is 9.78 Å². The Morgan fingerprint density at radius 3 is 2.69 bits per heavy atom. The standard InChI is InChI=1S/C20H20N4O2/c1-26-16-7-5-15(6-8-16)24-19-4-2-3-18(17(19)13-22-24)23-20(25)14-9-11-21-12-10-14/h5-13,18H,2-4H2,1H3,(H,23,25). The molecule has 0 aliphatic heterocycles. The van der Waals surface area contributed by atoms with Gasteiger partial charge in [0.05, 0.1) is 25.0 Å². The Kier molecular flexibility index (Phi) is 4.39. The van der Waals surface area contributed by atoms with Gasteiger partial charge in [-0.1, -0.05) is 0 Å². The van der Waals surface area contributed by atoms with Crippen LogP contribution in [0.1, 0.15) is 40.5 Å². The van der Waals surface area contributed by atoms with Crippen LogP contribution in [0.3, 0.4) is 0 Å². The minimum atomic E-state index is -0.0811. The predicted molar refractivity (Wildman–Crippen MR) is 97.5 cm³/mol. The summed E-state index contributed by atoms with van der Waals surface area (Å²) in [6.45, 7) is 0. The fourth-order valence-electron chi connectivity index (χ4n) is 3.40. The van der Waals surface area contributed by atoms with Crippen molar-refractivity contribution in [3.8, 4) is 11.4 Å². The highest BCUT2D eigenvalue weighted by atomic mass is 16.5. The minimum Gasteiger partial charge on any atom is -0.497 e. The van der Waals surface area contributed by atoms with Crippen LogP contribution in [0.2, 0.25) is 0 Å². The number of methoxy groups -OCH3 is 1. The summed E-state index contributed by atoms with van der Waals surface area (Å²) in [5.74, 6) is 0.736. The van der Waals surface area contributed by atoms with Crippen molar-refractivity contribution in [2.75, 3.05) is 7.11 Å². The third kappa shape index (κ3) is 3.06. The number of nitrogens with zero attached hydrogens (tertiary/aromatic N) is 3. The lowest BCUT2D eigenvalue weighted by atomic mass is 9.92. The maximum Gasteiger partial charge on any atom is 0.251 e. The van der Waals surface area contributed by atoms with Crippen LogP contribution in [-0.4, -0.2) is 27.8 Å². The summed E-state index contributed by atoms with van der Waals surface area (Å²) < 4.78 is 7.18. The molecule has 132 valence electrons. The Morgan fingerprint density at radius 1 is 1.19 bits per heavy atom. The zero-order valence-electron chi connectivity index (χ0n) is 14.6. The van der Waals surface area contributed by atoms with Crippen molar-refractivity contribution in [1.29, 1.82) is 0 Å². The summed E-state index contributed by atoms with van der Waals surface area (Å²) in [7, 11) is 1.65.